The summed E-state index contributed by atoms with van der Waals surface area (Å²) in [5.41, 5.74) is 1.13. The lowest BCUT2D eigenvalue weighted by atomic mass is 10.1. The molecule has 0 amide bonds. The van der Waals surface area contributed by atoms with Crippen molar-refractivity contribution in [1.29, 1.82) is 0 Å². The number of rotatable bonds is 3. The fraction of sp³-hybridized carbons (Fsp3) is 0.263. The molecular formula is C19H20N2OS. The quantitative estimate of drug-likeness (QED) is 0.672. The Hall–Kier alpha value is -2.20. The predicted molar refractivity (Wildman–Crippen MR) is 99.3 cm³/mol. The number of fused-ring (bicyclic) bond motifs is 3. The molecule has 4 heteroatoms. The molecule has 0 saturated heterocycles. The first kappa shape index (κ1) is 14.4. The van der Waals surface area contributed by atoms with Gasteiger partial charge in [0.05, 0.1) is 12.8 Å². The molecule has 1 aromatic heterocycles. The molecule has 1 aliphatic rings. The topological polar surface area (TPSA) is 15.7 Å². The van der Waals surface area contributed by atoms with Crippen LogP contribution in [0.5, 0.6) is 5.75 Å². The van der Waals surface area contributed by atoms with Crippen molar-refractivity contribution in [3.05, 3.63) is 48.8 Å². The number of hydrogen-bond acceptors (Lipinski definition) is 4. The molecule has 0 radical (unpaired) electrons. The molecule has 0 saturated carbocycles. The maximum absolute atomic E-state index is 5.69. The van der Waals surface area contributed by atoms with Gasteiger partial charge in [-0.25, -0.2) is 0 Å². The third-order valence-electron chi connectivity index (χ3n) is 4.62. The number of methoxy groups -OCH3 is 1. The number of nitrogens with zero attached hydrogens (tertiary/aromatic N) is 2. The lowest BCUT2D eigenvalue weighted by Crippen LogP contribution is -2.35. The summed E-state index contributed by atoms with van der Waals surface area (Å²) in [4.78, 5) is 4.60. The molecule has 3 aromatic rings. The van der Waals surface area contributed by atoms with Gasteiger partial charge < -0.3 is 14.5 Å². The Kier molecular flexibility index (Phi) is 3.42. The molecule has 4 rings (SSSR count). The van der Waals surface area contributed by atoms with E-state index in [2.05, 4.69) is 72.4 Å². The van der Waals surface area contributed by atoms with E-state index in [-0.39, 0.29) is 0 Å². The lowest BCUT2D eigenvalue weighted by Gasteiger charge is -2.30. The van der Waals surface area contributed by atoms with E-state index in [1.54, 1.807) is 7.11 Å². The zero-order valence-electron chi connectivity index (χ0n) is 13.6. The molecule has 3 nitrogen and oxygen atoms in total. The average molecular weight is 324 g/mol. The van der Waals surface area contributed by atoms with E-state index in [0.29, 0.717) is 6.17 Å². The van der Waals surface area contributed by atoms with Gasteiger partial charge in [0.2, 0.25) is 0 Å². The summed E-state index contributed by atoms with van der Waals surface area (Å²) in [5.74, 6) is 0.929. The van der Waals surface area contributed by atoms with E-state index >= 15 is 0 Å². The zero-order valence-corrected chi connectivity index (χ0v) is 14.4. The average Bonchev–Trinajstić information content (AvgIpc) is 3.13. The van der Waals surface area contributed by atoms with Crippen molar-refractivity contribution in [1.82, 2.24) is 4.90 Å². The van der Waals surface area contributed by atoms with Crippen molar-refractivity contribution in [3.8, 4) is 5.75 Å². The van der Waals surface area contributed by atoms with Crippen LogP contribution in [-0.2, 0) is 0 Å². The second-order valence-electron chi connectivity index (χ2n) is 5.79. The largest absolute Gasteiger partial charge is 0.495 e. The molecular weight excluding hydrogens is 304 g/mol. The SMILES string of the molecule is CCN1C=CN(c2cc3c(cc2OC)sc2ccccc23)[C@H]1C. The Labute approximate surface area is 140 Å². The third-order valence-corrected chi connectivity index (χ3v) is 5.76. The third kappa shape index (κ3) is 2.17. The van der Waals surface area contributed by atoms with Gasteiger partial charge in [-0.15, -0.1) is 11.3 Å². The van der Waals surface area contributed by atoms with Crippen LogP contribution in [0, 0.1) is 0 Å². The van der Waals surface area contributed by atoms with Crippen LogP contribution in [0.3, 0.4) is 0 Å². The lowest BCUT2D eigenvalue weighted by molar-refractivity contribution is 0.332. The van der Waals surface area contributed by atoms with Gasteiger partial charge in [0.15, 0.2) is 0 Å². The summed E-state index contributed by atoms with van der Waals surface area (Å²) in [6.45, 7) is 5.40. The van der Waals surface area contributed by atoms with E-state index < -0.39 is 0 Å². The molecule has 2 aromatic carbocycles. The van der Waals surface area contributed by atoms with Crippen LogP contribution < -0.4 is 9.64 Å². The Morgan fingerprint density at radius 1 is 1.09 bits per heavy atom. The Balaban J connectivity index is 1.92. The van der Waals surface area contributed by atoms with Gasteiger partial charge >= 0.3 is 0 Å². The minimum Gasteiger partial charge on any atom is -0.495 e. The highest BCUT2D eigenvalue weighted by Crippen LogP contribution is 2.42. The second kappa shape index (κ2) is 5.46. The minimum atomic E-state index is 0.302. The number of ether oxygens (including phenoxy) is 1. The van der Waals surface area contributed by atoms with E-state index in [4.69, 9.17) is 4.74 Å². The summed E-state index contributed by atoms with van der Waals surface area (Å²) >= 11 is 1.82. The molecule has 2 heterocycles. The first-order valence-electron chi connectivity index (χ1n) is 7.94. The Morgan fingerprint density at radius 3 is 2.65 bits per heavy atom. The summed E-state index contributed by atoms with van der Waals surface area (Å²) in [6, 6.07) is 13.0. The molecule has 0 fully saturated rings. The van der Waals surface area contributed by atoms with Crippen molar-refractivity contribution >= 4 is 37.2 Å². The molecule has 0 aliphatic carbocycles. The predicted octanol–water partition coefficient (Wildman–Crippen LogP) is 5.02. The van der Waals surface area contributed by atoms with Crippen molar-refractivity contribution in [3.63, 3.8) is 0 Å². The fourth-order valence-corrected chi connectivity index (χ4v) is 4.44. The van der Waals surface area contributed by atoms with Gasteiger partial charge in [-0.2, -0.15) is 0 Å². The van der Waals surface area contributed by atoms with Gasteiger partial charge in [0.1, 0.15) is 11.9 Å². The standard InChI is InChI=1S/C19H20N2OS/c1-4-20-9-10-21(13(20)2)16-11-15-14-7-5-6-8-18(14)23-19(15)12-17(16)22-3/h5-13H,4H2,1-3H3/t13-/m0/s1. The zero-order chi connectivity index (χ0) is 16.0. The van der Waals surface area contributed by atoms with Crippen molar-refractivity contribution in [2.45, 2.75) is 20.0 Å². The van der Waals surface area contributed by atoms with Crippen molar-refractivity contribution in [2.24, 2.45) is 0 Å². The summed E-state index contributed by atoms with van der Waals surface area (Å²) < 4.78 is 8.29. The van der Waals surface area contributed by atoms with Crippen LogP contribution in [0.25, 0.3) is 20.2 Å². The van der Waals surface area contributed by atoms with Gasteiger partial charge in [0, 0.05) is 45.2 Å². The number of thiophene rings is 1. The molecule has 0 N–H and O–H groups in total. The van der Waals surface area contributed by atoms with E-state index in [9.17, 15) is 0 Å². The monoisotopic (exact) mass is 324 g/mol. The van der Waals surface area contributed by atoms with E-state index in [1.807, 2.05) is 11.3 Å². The molecule has 118 valence electrons. The molecule has 0 unspecified atom stereocenters. The highest BCUT2D eigenvalue weighted by atomic mass is 32.1. The van der Waals surface area contributed by atoms with E-state index in [1.165, 1.54) is 20.2 Å². The molecule has 0 spiro atoms. The normalized spacial score (nSPS) is 17.6. The maximum atomic E-state index is 5.69. The Morgan fingerprint density at radius 2 is 1.91 bits per heavy atom. The minimum absolute atomic E-state index is 0.302. The molecule has 1 atom stereocenters. The van der Waals surface area contributed by atoms with Crippen LogP contribution in [0.15, 0.2) is 48.8 Å². The van der Waals surface area contributed by atoms with Crippen LogP contribution in [0.1, 0.15) is 13.8 Å². The first-order chi connectivity index (χ1) is 11.2. The highest BCUT2D eigenvalue weighted by Gasteiger charge is 2.25. The number of anilines is 1. The van der Waals surface area contributed by atoms with Crippen LogP contribution >= 0.6 is 11.3 Å². The van der Waals surface area contributed by atoms with Gasteiger partial charge in [-0.3, -0.25) is 0 Å². The fourth-order valence-electron chi connectivity index (χ4n) is 3.32. The molecule has 23 heavy (non-hydrogen) atoms. The van der Waals surface area contributed by atoms with Crippen LogP contribution in [0.4, 0.5) is 5.69 Å². The molecule has 1 aliphatic heterocycles. The van der Waals surface area contributed by atoms with Crippen LogP contribution in [0.2, 0.25) is 0 Å². The number of hydrogen-bond donors (Lipinski definition) is 0. The second-order valence-corrected chi connectivity index (χ2v) is 6.87. The highest BCUT2D eigenvalue weighted by molar-refractivity contribution is 7.25. The smallest absolute Gasteiger partial charge is 0.144 e. The summed E-state index contributed by atoms with van der Waals surface area (Å²) in [5, 5.41) is 2.62. The Bertz CT molecular complexity index is 899. The van der Waals surface area contributed by atoms with E-state index in [0.717, 1.165) is 18.0 Å². The molecule has 0 bridgehead atoms. The van der Waals surface area contributed by atoms with Crippen molar-refractivity contribution in [2.75, 3.05) is 18.6 Å². The van der Waals surface area contributed by atoms with Crippen LogP contribution in [-0.4, -0.2) is 24.7 Å². The first-order valence-corrected chi connectivity index (χ1v) is 8.76. The van der Waals surface area contributed by atoms with Gasteiger partial charge in [-0.05, 0) is 26.0 Å². The maximum Gasteiger partial charge on any atom is 0.144 e. The van der Waals surface area contributed by atoms with Gasteiger partial charge in [0.25, 0.3) is 0 Å². The number of benzene rings is 2. The van der Waals surface area contributed by atoms with Gasteiger partial charge in [-0.1, -0.05) is 18.2 Å². The summed E-state index contributed by atoms with van der Waals surface area (Å²) in [6.07, 6.45) is 4.60. The summed E-state index contributed by atoms with van der Waals surface area (Å²) in [7, 11) is 1.75. The van der Waals surface area contributed by atoms with Crippen molar-refractivity contribution < 1.29 is 4.74 Å².